The first kappa shape index (κ1) is 15.9. The summed E-state index contributed by atoms with van der Waals surface area (Å²) in [5.74, 6) is 0. The van der Waals surface area contributed by atoms with E-state index >= 15 is 0 Å². The fraction of sp³-hybridized carbons (Fsp3) is 0.500. The molecule has 0 bridgehead atoms. The lowest BCUT2D eigenvalue weighted by atomic mass is 9.85. The fourth-order valence-electron chi connectivity index (χ4n) is 2.74. The highest BCUT2D eigenvalue weighted by Crippen LogP contribution is 2.23. The monoisotopic (exact) mass is 286 g/mol. The quantitative estimate of drug-likeness (QED) is 0.885. The summed E-state index contributed by atoms with van der Waals surface area (Å²) >= 11 is 0. The zero-order valence-corrected chi connectivity index (χ0v) is 13.5. The molecular formula is C18H26N2O. The van der Waals surface area contributed by atoms with Crippen LogP contribution in [0.15, 0.2) is 30.3 Å². The Morgan fingerprint density at radius 2 is 1.95 bits per heavy atom. The fourth-order valence-corrected chi connectivity index (χ4v) is 2.74. The Morgan fingerprint density at radius 3 is 2.62 bits per heavy atom. The van der Waals surface area contributed by atoms with Gasteiger partial charge in [0.05, 0.1) is 5.52 Å². The van der Waals surface area contributed by atoms with Crippen LogP contribution in [-0.4, -0.2) is 22.7 Å². The van der Waals surface area contributed by atoms with Crippen molar-refractivity contribution in [3.8, 4) is 0 Å². The predicted octanol–water partition coefficient (Wildman–Crippen LogP) is 3.43. The second-order valence-electron chi connectivity index (χ2n) is 6.75. The number of hydrogen-bond donors (Lipinski definition) is 2. The SMILES string of the molecule is Cc1cc(CNC(CCO)C(C)(C)C)c2ccccc2n1. The maximum Gasteiger partial charge on any atom is 0.0708 e. The molecule has 0 spiro atoms. The maximum atomic E-state index is 9.26. The number of nitrogens with one attached hydrogen (secondary N) is 1. The van der Waals surface area contributed by atoms with Gasteiger partial charge in [-0.05, 0) is 36.5 Å². The number of nitrogens with zero attached hydrogens (tertiary/aromatic N) is 1. The molecule has 1 aromatic heterocycles. The van der Waals surface area contributed by atoms with Crippen molar-refractivity contribution >= 4 is 10.9 Å². The van der Waals surface area contributed by atoms with Gasteiger partial charge < -0.3 is 10.4 Å². The van der Waals surface area contributed by atoms with Gasteiger partial charge in [-0.1, -0.05) is 39.0 Å². The highest BCUT2D eigenvalue weighted by molar-refractivity contribution is 5.82. The first-order valence-corrected chi connectivity index (χ1v) is 7.61. The van der Waals surface area contributed by atoms with Gasteiger partial charge in [-0.15, -0.1) is 0 Å². The molecule has 0 amide bonds. The van der Waals surface area contributed by atoms with Crippen LogP contribution in [0.4, 0.5) is 0 Å². The van der Waals surface area contributed by atoms with Gasteiger partial charge in [-0.3, -0.25) is 4.98 Å². The van der Waals surface area contributed by atoms with Crippen molar-refractivity contribution in [2.75, 3.05) is 6.61 Å². The zero-order chi connectivity index (χ0) is 15.5. The largest absolute Gasteiger partial charge is 0.396 e. The normalized spacial score (nSPS) is 13.6. The van der Waals surface area contributed by atoms with Crippen molar-refractivity contribution in [3.63, 3.8) is 0 Å². The van der Waals surface area contributed by atoms with Crippen LogP contribution in [-0.2, 0) is 6.54 Å². The van der Waals surface area contributed by atoms with E-state index in [1.807, 2.05) is 13.0 Å². The van der Waals surface area contributed by atoms with Crippen LogP contribution in [0.3, 0.4) is 0 Å². The Balaban J connectivity index is 2.23. The predicted molar refractivity (Wildman–Crippen MR) is 88.3 cm³/mol. The molecule has 21 heavy (non-hydrogen) atoms. The van der Waals surface area contributed by atoms with E-state index < -0.39 is 0 Å². The van der Waals surface area contributed by atoms with E-state index in [0.717, 1.165) is 24.2 Å². The van der Waals surface area contributed by atoms with Crippen molar-refractivity contribution in [2.24, 2.45) is 5.41 Å². The van der Waals surface area contributed by atoms with Gasteiger partial charge in [0.2, 0.25) is 0 Å². The Bertz CT molecular complexity index is 602. The van der Waals surface area contributed by atoms with Gasteiger partial charge in [0.1, 0.15) is 0 Å². The van der Waals surface area contributed by atoms with E-state index in [1.54, 1.807) is 0 Å². The Morgan fingerprint density at radius 1 is 1.24 bits per heavy atom. The van der Waals surface area contributed by atoms with E-state index in [1.165, 1.54) is 10.9 Å². The third-order valence-corrected chi connectivity index (χ3v) is 3.93. The van der Waals surface area contributed by atoms with Gasteiger partial charge in [0, 0.05) is 30.3 Å². The number of benzene rings is 1. The number of aliphatic hydroxyl groups is 1. The summed E-state index contributed by atoms with van der Waals surface area (Å²) in [7, 11) is 0. The lowest BCUT2D eigenvalue weighted by Crippen LogP contribution is -2.40. The van der Waals surface area contributed by atoms with E-state index in [9.17, 15) is 5.11 Å². The molecule has 0 aliphatic carbocycles. The summed E-state index contributed by atoms with van der Waals surface area (Å²) in [6, 6.07) is 10.7. The van der Waals surface area contributed by atoms with Gasteiger partial charge >= 0.3 is 0 Å². The lowest BCUT2D eigenvalue weighted by Gasteiger charge is -2.31. The van der Waals surface area contributed by atoms with Crippen LogP contribution in [0.5, 0.6) is 0 Å². The Kier molecular flexibility index (Phi) is 4.96. The molecule has 2 rings (SSSR count). The van der Waals surface area contributed by atoms with Gasteiger partial charge in [0.15, 0.2) is 0 Å². The molecule has 3 nitrogen and oxygen atoms in total. The summed E-state index contributed by atoms with van der Waals surface area (Å²) in [5, 5.41) is 14.1. The summed E-state index contributed by atoms with van der Waals surface area (Å²) in [6.07, 6.45) is 0.769. The Labute approximate surface area is 127 Å². The molecule has 0 saturated heterocycles. The molecule has 0 radical (unpaired) electrons. The number of aryl methyl sites for hydroxylation is 1. The molecule has 1 atom stereocenters. The molecule has 0 fully saturated rings. The van der Waals surface area contributed by atoms with Crippen LogP contribution in [0.25, 0.3) is 10.9 Å². The van der Waals surface area contributed by atoms with Crippen molar-refractivity contribution < 1.29 is 5.11 Å². The second kappa shape index (κ2) is 6.54. The van der Waals surface area contributed by atoms with Crippen molar-refractivity contribution in [2.45, 2.75) is 46.7 Å². The number of fused-ring (bicyclic) bond motifs is 1. The van der Waals surface area contributed by atoms with Gasteiger partial charge in [-0.25, -0.2) is 0 Å². The van der Waals surface area contributed by atoms with Crippen molar-refractivity contribution in [1.29, 1.82) is 0 Å². The van der Waals surface area contributed by atoms with E-state index in [-0.39, 0.29) is 18.1 Å². The summed E-state index contributed by atoms with van der Waals surface area (Å²) < 4.78 is 0. The zero-order valence-electron chi connectivity index (χ0n) is 13.5. The molecule has 1 aromatic carbocycles. The third-order valence-electron chi connectivity index (χ3n) is 3.93. The summed E-state index contributed by atoms with van der Waals surface area (Å²) in [6.45, 7) is 9.66. The highest BCUT2D eigenvalue weighted by atomic mass is 16.3. The van der Waals surface area contributed by atoms with Crippen LogP contribution < -0.4 is 5.32 Å². The average Bonchev–Trinajstić information content (AvgIpc) is 2.41. The number of aliphatic hydroxyl groups excluding tert-OH is 1. The van der Waals surface area contributed by atoms with Gasteiger partial charge in [0.25, 0.3) is 0 Å². The number of pyridine rings is 1. The smallest absolute Gasteiger partial charge is 0.0708 e. The van der Waals surface area contributed by atoms with E-state index in [0.29, 0.717) is 0 Å². The molecule has 1 heterocycles. The number of rotatable bonds is 5. The van der Waals surface area contributed by atoms with Crippen LogP contribution in [0.1, 0.15) is 38.4 Å². The molecular weight excluding hydrogens is 260 g/mol. The number of para-hydroxylation sites is 1. The van der Waals surface area contributed by atoms with Crippen molar-refractivity contribution in [3.05, 3.63) is 41.6 Å². The lowest BCUT2D eigenvalue weighted by molar-refractivity contribution is 0.196. The molecule has 0 aliphatic heterocycles. The summed E-state index contributed by atoms with van der Waals surface area (Å²) in [4.78, 5) is 4.58. The maximum absolute atomic E-state index is 9.26. The number of hydrogen-bond acceptors (Lipinski definition) is 3. The van der Waals surface area contributed by atoms with Gasteiger partial charge in [-0.2, -0.15) is 0 Å². The first-order chi connectivity index (χ1) is 9.91. The van der Waals surface area contributed by atoms with Crippen LogP contribution >= 0.6 is 0 Å². The average molecular weight is 286 g/mol. The standard InChI is InChI=1S/C18H26N2O/c1-13-11-14(15-7-5-6-8-16(15)20-13)12-19-17(9-10-21)18(2,3)4/h5-8,11,17,19,21H,9-10,12H2,1-4H3. The first-order valence-electron chi connectivity index (χ1n) is 7.61. The molecule has 2 N–H and O–H groups in total. The minimum atomic E-state index is 0.126. The molecule has 114 valence electrons. The molecule has 1 unspecified atom stereocenters. The molecule has 0 saturated carbocycles. The highest BCUT2D eigenvalue weighted by Gasteiger charge is 2.23. The topological polar surface area (TPSA) is 45.1 Å². The molecule has 2 aromatic rings. The Hall–Kier alpha value is -1.45. The second-order valence-corrected chi connectivity index (χ2v) is 6.75. The van der Waals surface area contributed by atoms with E-state index in [2.05, 4.69) is 55.3 Å². The summed E-state index contributed by atoms with van der Waals surface area (Å²) in [5.41, 5.74) is 3.48. The minimum absolute atomic E-state index is 0.126. The van der Waals surface area contributed by atoms with Crippen LogP contribution in [0.2, 0.25) is 0 Å². The molecule has 3 heteroatoms. The molecule has 0 aliphatic rings. The number of aromatic nitrogens is 1. The van der Waals surface area contributed by atoms with Crippen molar-refractivity contribution in [1.82, 2.24) is 10.3 Å². The minimum Gasteiger partial charge on any atom is -0.396 e. The van der Waals surface area contributed by atoms with E-state index in [4.69, 9.17) is 0 Å². The third kappa shape index (κ3) is 4.02. The van der Waals surface area contributed by atoms with Crippen LogP contribution in [0, 0.1) is 12.3 Å².